The lowest BCUT2D eigenvalue weighted by Gasteiger charge is -2.10. The second-order valence-corrected chi connectivity index (χ2v) is 3.33. The molecule has 0 heterocycles. The molecule has 2 rings (SSSR count). The summed E-state index contributed by atoms with van der Waals surface area (Å²) in [6.45, 7) is 0. The first-order valence-electron chi connectivity index (χ1n) is 4.72. The quantitative estimate of drug-likeness (QED) is 0.735. The van der Waals surface area contributed by atoms with Crippen molar-refractivity contribution in [1.29, 1.82) is 0 Å². The summed E-state index contributed by atoms with van der Waals surface area (Å²) in [5, 5.41) is 0. The van der Waals surface area contributed by atoms with E-state index in [1.807, 2.05) is 18.2 Å². The van der Waals surface area contributed by atoms with Crippen molar-refractivity contribution < 1.29 is 14.2 Å². The molecule has 0 spiro atoms. The van der Waals surface area contributed by atoms with E-state index in [0.29, 0.717) is 11.9 Å². The van der Waals surface area contributed by atoms with Crippen LogP contribution < -0.4 is 14.2 Å². The minimum Gasteiger partial charge on any atom is -0.493 e. The third-order valence-electron chi connectivity index (χ3n) is 2.18. The second kappa shape index (κ2) is 3.78. The van der Waals surface area contributed by atoms with Gasteiger partial charge < -0.3 is 14.2 Å². The van der Waals surface area contributed by atoms with Gasteiger partial charge in [-0.1, -0.05) is 0 Å². The molecule has 0 amide bonds. The van der Waals surface area contributed by atoms with E-state index in [1.165, 1.54) is 0 Å². The van der Waals surface area contributed by atoms with Gasteiger partial charge in [0.2, 0.25) is 0 Å². The Morgan fingerprint density at radius 2 is 1.79 bits per heavy atom. The van der Waals surface area contributed by atoms with Crippen LogP contribution in [0.5, 0.6) is 17.2 Å². The van der Waals surface area contributed by atoms with Crippen molar-refractivity contribution in [3.8, 4) is 17.2 Å². The van der Waals surface area contributed by atoms with Crippen LogP contribution in [0.3, 0.4) is 0 Å². The lowest BCUT2D eigenvalue weighted by molar-refractivity contribution is 0.297. The van der Waals surface area contributed by atoms with E-state index in [9.17, 15) is 0 Å². The van der Waals surface area contributed by atoms with Crippen LogP contribution in [-0.2, 0) is 0 Å². The van der Waals surface area contributed by atoms with Crippen molar-refractivity contribution >= 4 is 0 Å². The topological polar surface area (TPSA) is 27.7 Å². The van der Waals surface area contributed by atoms with Gasteiger partial charge in [-0.15, -0.1) is 0 Å². The van der Waals surface area contributed by atoms with Crippen LogP contribution in [0.15, 0.2) is 18.2 Å². The highest BCUT2D eigenvalue weighted by molar-refractivity contribution is 5.45. The molecule has 0 saturated heterocycles. The van der Waals surface area contributed by atoms with Gasteiger partial charge in [-0.05, 0) is 25.0 Å². The zero-order chi connectivity index (χ0) is 9.97. The summed E-state index contributed by atoms with van der Waals surface area (Å²) in [6.07, 6.45) is 2.73. The Kier molecular flexibility index (Phi) is 2.48. The van der Waals surface area contributed by atoms with Gasteiger partial charge in [0.1, 0.15) is 5.75 Å². The van der Waals surface area contributed by atoms with Gasteiger partial charge in [0.15, 0.2) is 11.5 Å². The fourth-order valence-corrected chi connectivity index (χ4v) is 1.27. The van der Waals surface area contributed by atoms with Crippen LogP contribution in [0.1, 0.15) is 12.8 Å². The zero-order valence-corrected chi connectivity index (χ0v) is 8.45. The van der Waals surface area contributed by atoms with Crippen molar-refractivity contribution in [2.75, 3.05) is 14.2 Å². The molecule has 0 aliphatic heterocycles. The molecule has 76 valence electrons. The Morgan fingerprint density at radius 1 is 1.07 bits per heavy atom. The molecule has 1 saturated carbocycles. The maximum absolute atomic E-state index is 5.63. The second-order valence-electron chi connectivity index (χ2n) is 3.33. The van der Waals surface area contributed by atoms with Gasteiger partial charge in [-0.2, -0.15) is 0 Å². The Bertz CT molecular complexity index is 318. The lowest BCUT2D eigenvalue weighted by atomic mass is 10.3. The smallest absolute Gasteiger partial charge is 0.164 e. The molecule has 0 N–H and O–H groups in total. The zero-order valence-electron chi connectivity index (χ0n) is 8.45. The highest BCUT2D eigenvalue weighted by atomic mass is 16.5. The Labute approximate surface area is 83.6 Å². The molecule has 0 unspecified atom stereocenters. The van der Waals surface area contributed by atoms with Crippen LogP contribution in [0.25, 0.3) is 0 Å². The summed E-state index contributed by atoms with van der Waals surface area (Å²) >= 11 is 0. The molecule has 1 aromatic rings. The van der Waals surface area contributed by atoms with E-state index in [-0.39, 0.29) is 0 Å². The number of methoxy groups -OCH3 is 2. The highest BCUT2D eigenvalue weighted by Crippen LogP contribution is 2.34. The van der Waals surface area contributed by atoms with Gasteiger partial charge in [0.05, 0.1) is 20.3 Å². The van der Waals surface area contributed by atoms with Crippen molar-refractivity contribution in [1.82, 2.24) is 0 Å². The Morgan fingerprint density at radius 3 is 2.36 bits per heavy atom. The van der Waals surface area contributed by atoms with Gasteiger partial charge in [0, 0.05) is 6.07 Å². The van der Waals surface area contributed by atoms with E-state index in [4.69, 9.17) is 14.2 Å². The normalized spacial score (nSPS) is 15.0. The van der Waals surface area contributed by atoms with Crippen molar-refractivity contribution in [2.24, 2.45) is 0 Å². The molecular formula is C11H14O3. The number of hydrogen-bond donors (Lipinski definition) is 0. The van der Waals surface area contributed by atoms with E-state index in [0.717, 1.165) is 24.3 Å². The largest absolute Gasteiger partial charge is 0.493 e. The van der Waals surface area contributed by atoms with Crippen molar-refractivity contribution in [3.05, 3.63) is 18.2 Å². The summed E-state index contributed by atoms with van der Waals surface area (Å²) in [5.41, 5.74) is 0. The van der Waals surface area contributed by atoms with Gasteiger partial charge >= 0.3 is 0 Å². The molecule has 0 bridgehead atoms. The fraction of sp³-hybridized carbons (Fsp3) is 0.455. The summed E-state index contributed by atoms with van der Waals surface area (Å²) in [5.74, 6) is 2.30. The van der Waals surface area contributed by atoms with E-state index >= 15 is 0 Å². The molecule has 0 aromatic heterocycles. The third-order valence-corrected chi connectivity index (χ3v) is 2.18. The summed E-state index contributed by atoms with van der Waals surface area (Å²) in [7, 11) is 3.25. The molecule has 14 heavy (non-hydrogen) atoms. The van der Waals surface area contributed by atoms with Crippen LogP contribution >= 0.6 is 0 Å². The number of rotatable bonds is 4. The average Bonchev–Trinajstić information content (AvgIpc) is 3.01. The van der Waals surface area contributed by atoms with Crippen LogP contribution in [0.4, 0.5) is 0 Å². The molecule has 1 aliphatic rings. The summed E-state index contributed by atoms with van der Waals surface area (Å²) in [4.78, 5) is 0. The number of hydrogen-bond acceptors (Lipinski definition) is 3. The van der Waals surface area contributed by atoms with Crippen LogP contribution in [-0.4, -0.2) is 20.3 Å². The molecule has 0 atom stereocenters. The minimum absolute atomic E-state index is 0.410. The summed E-state index contributed by atoms with van der Waals surface area (Å²) in [6, 6.07) is 5.62. The first-order valence-corrected chi connectivity index (χ1v) is 4.72. The van der Waals surface area contributed by atoms with Crippen LogP contribution in [0, 0.1) is 0 Å². The SMILES string of the molecule is COc1ccc(OC2CC2)cc1OC. The first kappa shape index (κ1) is 9.19. The third kappa shape index (κ3) is 1.92. The maximum Gasteiger partial charge on any atom is 0.164 e. The van der Waals surface area contributed by atoms with Crippen LogP contribution in [0.2, 0.25) is 0 Å². The molecule has 3 nitrogen and oxygen atoms in total. The molecule has 3 heteroatoms. The lowest BCUT2D eigenvalue weighted by Crippen LogP contribution is -1.97. The predicted molar refractivity (Wildman–Crippen MR) is 53.2 cm³/mol. The molecule has 1 aliphatic carbocycles. The highest BCUT2D eigenvalue weighted by Gasteiger charge is 2.23. The number of benzene rings is 1. The minimum atomic E-state index is 0.410. The summed E-state index contributed by atoms with van der Waals surface area (Å²) < 4.78 is 15.9. The average molecular weight is 194 g/mol. The standard InChI is InChI=1S/C11H14O3/c1-12-10-6-5-9(7-11(10)13-2)14-8-3-4-8/h5-8H,3-4H2,1-2H3. The van der Waals surface area contributed by atoms with Crippen molar-refractivity contribution in [3.63, 3.8) is 0 Å². The Hall–Kier alpha value is -1.38. The van der Waals surface area contributed by atoms with Gasteiger partial charge in [0.25, 0.3) is 0 Å². The van der Waals surface area contributed by atoms with E-state index in [2.05, 4.69) is 0 Å². The first-order chi connectivity index (χ1) is 6.83. The van der Waals surface area contributed by atoms with Gasteiger partial charge in [-0.3, -0.25) is 0 Å². The van der Waals surface area contributed by atoms with Gasteiger partial charge in [-0.25, -0.2) is 0 Å². The molecule has 0 radical (unpaired) electrons. The monoisotopic (exact) mass is 194 g/mol. The molecule has 1 aromatic carbocycles. The van der Waals surface area contributed by atoms with E-state index < -0.39 is 0 Å². The molecular weight excluding hydrogens is 180 g/mol. The molecule has 1 fully saturated rings. The fourth-order valence-electron chi connectivity index (χ4n) is 1.27. The maximum atomic E-state index is 5.63. The predicted octanol–water partition coefficient (Wildman–Crippen LogP) is 2.25. The van der Waals surface area contributed by atoms with Crippen molar-refractivity contribution in [2.45, 2.75) is 18.9 Å². The Balaban J connectivity index is 2.16. The number of ether oxygens (including phenoxy) is 3. The van der Waals surface area contributed by atoms with E-state index in [1.54, 1.807) is 14.2 Å².